The summed E-state index contributed by atoms with van der Waals surface area (Å²) < 4.78 is 4.29. The van der Waals surface area contributed by atoms with Gasteiger partial charge >= 0.3 is 0 Å². The van der Waals surface area contributed by atoms with E-state index in [9.17, 15) is 5.11 Å². The molecule has 3 nitrogen and oxygen atoms in total. The molecule has 1 heterocycles. The van der Waals surface area contributed by atoms with E-state index < -0.39 is 0 Å². The maximum atomic E-state index is 9.69. The molecule has 0 aromatic carbocycles. The van der Waals surface area contributed by atoms with Crippen LogP contribution in [0.4, 0.5) is 0 Å². The number of hydrogen-bond acceptors (Lipinski definition) is 4. The van der Waals surface area contributed by atoms with Gasteiger partial charge in [-0.05, 0) is 31.8 Å². The van der Waals surface area contributed by atoms with Gasteiger partial charge in [-0.25, -0.2) is 0 Å². The average Bonchev–Trinajstić information content (AvgIpc) is 2.64. The highest BCUT2D eigenvalue weighted by Crippen LogP contribution is 2.41. The molecule has 0 bridgehead atoms. The molecule has 1 aromatic rings. The molecule has 2 N–H and O–H groups in total. The zero-order chi connectivity index (χ0) is 11.9. The summed E-state index contributed by atoms with van der Waals surface area (Å²) in [5, 5.41) is 15.4. The molecule has 1 fully saturated rings. The fourth-order valence-corrected chi connectivity index (χ4v) is 3.10. The van der Waals surface area contributed by atoms with Crippen LogP contribution in [0.15, 0.2) is 5.38 Å². The first kappa shape index (κ1) is 12.0. The van der Waals surface area contributed by atoms with E-state index in [0.717, 1.165) is 12.1 Å². The predicted octanol–water partition coefficient (Wildman–Crippen LogP) is 2.26. The fraction of sp³-hybridized carbons (Fsp3) is 0.750. The summed E-state index contributed by atoms with van der Waals surface area (Å²) in [6, 6.07) is 0.715. The Hall–Kier alpha value is -0.450. The van der Waals surface area contributed by atoms with E-state index in [2.05, 4.69) is 35.8 Å². The van der Waals surface area contributed by atoms with Crippen molar-refractivity contribution in [3.63, 3.8) is 0 Å². The van der Waals surface area contributed by atoms with Gasteiger partial charge < -0.3 is 10.4 Å². The Morgan fingerprint density at radius 2 is 2.31 bits per heavy atom. The lowest BCUT2D eigenvalue weighted by Crippen LogP contribution is -2.60. The van der Waals surface area contributed by atoms with Crippen molar-refractivity contribution in [1.29, 1.82) is 0 Å². The van der Waals surface area contributed by atoms with Crippen molar-refractivity contribution in [2.75, 3.05) is 0 Å². The maximum absolute atomic E-state index is 9.69. The zero-order valence-electron chi connectivity index (χ0n) is 10.3. The van der Waals surface area contributed by atoms with Gasteiger partial charge in [0.15, 0.2) is 0 Å². The summed E-state index contributed by atoms with van der Waals surface area (Å²) in [7, 11) is 0. The van der Waals surface area contributed by atoms with Crippen LogP contribution in [-0.2, 0) is 0 Å². The van der Waals surface area contributed by atoms with Crippen LogP contribution >= 0.6 is 11.5 Å². The minimum Gasteiger partial charge on any atom is -0.392 e. The standard InChI is InChI=1S/C12H20N2OS/c1-7(9-6-16-14-8(9)2)13-10-5-11(15)12(10,3)4/h6-7,10-11,13,15H,5H2,1-4H3. The second kappa shape index (κ2) is 4.09. The molecule has 1 aliphatic carbocycles. The number of hydrogen-bond donors (Lipinski definition) is 2. The molecule has 4 heteroatoms. The van der Waals surface area contributed by atoms with Gasteiger partial charge in [0.25, 0.3) is 0 Å². The van der Waals surface area contributed by atoms with E-state index in [1.165, 1.54) is 17.1 Å². The van der Waals surface area contributed by atoms with Crippen LogP contribution in [0, 0.1) is 12.3 Å². The number of aliphatic hydroxyl groups is 1. The summed E-state index contributed by atoms with van der Waals surface area (Å²) in [4.78, 5) is 0. The van der Waals surface area contributed by atoms with Gasteiger partial charge in [0, 0.05) is 28.4 Å². The van der Waals surface area contributed by atoms with Crippen LogP contribution in [0.5, 0.6) is 0 Å². The van der Waals surface area contributed by atoms with Crippen LogP contribution in [0.2, 0.25) is 0 Å². The van der Waals surface area contributed by atoms with Crippen LogP contribution in [0.1, 0.15) is 44.5 Å². The fourth-order valence-electron chi connectivity index (χ4n) is 2.29. The van der Waals surface area contributed by atoms with E-state index in [1.54, 1.807) is 0 Å². The summed E-state index contributed by atoms with van der Waals surface area (Å²) in [6.45, 7) is 8.44. The van der Waals surface area contributed by atoms with Crippen LogP contribution in [0.3, 0.4) is 0 Å². The Morgan fingerprint density at radius 1 is 1.62 bits per heavy atom. The van der Waals surface area contributed by atoms with E-state index in [1.807, 2.05) is 6.92 Å². The number of nitrogens with one attached hydrogen (secondary N) is 1. The highest BCUT2D eigenvalue weighted by molar-refractivity contribution is 7.03. The molecule has 0 spiro atoms. The van der Waals surface area contributed by atoms with Crippen LogP contribution in [0.25, 0.3) is 0 Å². The number of rotatable bonds is 3. The summed E-state index contributed by atoms with van der Waals surface area (Å²) in [5.74, 6) is 0. The van der Waals surface area contributed by atoms with Gasteiger partial charge in [-0.1, -0.05) is 13.8 Å². The Balaban J connectivity index is 1.99. The minimum absolute atomic E-state index is 0.00832. The molecule has 0 amide bonds. The number of aliphatic hydroxyl groups excluding tert-OH is 1. The van der Waals surface area contributed by atoms with Gasteiger partial charge in [-0.15, -0.1) is 0 Å². The molecule has 2 rings (SSSR count). The zero-order valence-corrected chi connectivity index (χ0v) is 11.1. The SMILES string of the molecule is Cc1nscc1C(C)NC1CC(O)C1(C)C. The lowest BCUT2D eigenvalue weighted by Gasteiger charge is -2.50. The summed E-state index contributed by atoms with van der Waals surface area (Å²) in [6.07, 6.45) is 0.687. The topological polar surface area (TPSA) is 45.2 Å². The van der Waals surface area contributed by atoms with Crippen molar-refractivity contribution in [2.45, 2.75) is 52.3 Å². The van der Waals surface area contributed by atoms with Gasteiger partial charge in [-0.3, -0.25) is 0 Å². The molecular formula is C12H20N2OS. The van der Waals surface area contributed by atoms with E-state index >= 15 is 0 Å². The first-order chi connectivity index (χ1) is 7.43. The molecule has 16 heavy (non-hydrogen) atoms. The molecule has 90 valence electrons. The summed E-state index contributed by atoms with van der Waals surface area (Å²) >= 11 is 1.51. The van der Waals surface area contributed by atoms with Crippen LogP contribution in [-0.4, -0.2) is 21.6 Å². The number of nitrogens with zero attached hydrogens (tertiary/aromatic N) is 1. The van der Waals surface area contributed by atoms with Crippen molar-refractivity contribution < 1.29 is 5.11 Å². The molecule has 1 aliphatic rings. The maximum Gasteiger partial charge on any atom is 0.0621 e. The molecule has 3 unspecified atom stereocenters. The second-order valence-corrected chi connectivity index (χ2v) is 6.00. The molecule has 3 atom stereocenters. The third-order valence-electron chi connectivity index (χ3n) is 3.92. The first-order valence-corrected chi connectivity index (χ1v) is 6.61. The van der Waals surface area contributed by atoms with Crippen molar-refractivity contribution in [3.8, 4) is 0 Å². The number of aryl methyl sites for hydroxylation is 1. The molecular weight excluding hydrogens is 220 g/mol. The van der Waals surface area contributed by atoms with Crippen molar-refractivity contribution in [3.05, 3.63) is 16.6 Å². The Bertz CT molecular complexity index is 375. The van der Waals surface area contributed by atoms with Gasteiger partial charge in [0.05, 0.1) is 11.8 Å². The third kappa shape index (κ3) is 1.90. The highest BCUT2D eigenvalue weighted by atomic mass is 32.1. The van der Waals surface area contributed by atoms with Crippen LogP contribution < -0.4 is 5.32 Å². The molecule has 1 saturated carbocycles. The lowest BCUT2D eigenvalue weighted by atomic mass is 9.64. The lowest BCUT2D eigenvalue weighted by molar-refractivity contribution is -0.0754. The largest absolute Gasteiger partial charge is 0.392 e. The Labute approximate surface area is 101 Å². The predicted molar refractivity (Wildman–Crippen MR) is 66.6 cm³/mol. The Kier molecular flexibility index (Phi) is 3.07. The smallest absolute Gasteiger partial charge is 0.0621 e. The molecule has 1 aromatic heterocycles. The monoisotopic (exact) mass is 240 g/mol. The molecule has 0 aliphatic heterocycles. The highest BCUT2D eigenvalue weighted by Gasteiger charge is 2.47. The third-order valence-corrected chi connectivity index (χ3v) is 4.66. The first-order valence-electron chi connectivity index (χ1n) is 5.78. The minimum atomic E-state index is -0.168. The molecule has 0 radical (unpaired) electrons. The van der Waals surface area contributed by atoms with Crippen molar-refractivity contribution in [1.82, 2.24) is 9.69 Å². The van der Waals surface area contributed by atoms with E-state index in [0.29, 0.717) is 12.1 Å². The second-order valence-electron chi connectivity index (χ2n) is 5.37. The van der Waals surface area contributed by atoms with Gasteiger partial charge in [0.1, 0.15) is 0 Å². The van der Waals surface area contributed by atoms with E-state index in [4.69, 9.17) is 0 Å². The quantitative estimate of drug-likeness (QED) is 0.852. The number of aromatic nitrogens is 1. The van der Waals surface area contributed by atoms with Gasteiger partial charge in [0.2, 0.25) is 0 Å². The van der Waals surface area contributed by atoms with E-state index in [-0.39, 0.29) is 11.5 Å². The average molecular weight is 240 g/mol. The van der Waals surface area contributed by atoms with Gasteiger partial charge in [-0.2, -0.15) is 4.37 Å². The molecule has 0 saturated heterocycles. The van der Waals surface area contributed by atoms with Crippen molar-refractivity contribution >= 4 is 11.5 Å². The summed E-state index contributed by atoms with van der Waals surface area (Å²) in [5.41, 5.74) is 2.39. The normalized spacial score (nSPS) is 29.8. The van der Waals surface area contributed by atoms with Crippen molar-refractivity contribution in [2.24, 2.45) is 5.41 Å². The Morgan fingerprint density at radius 3 is 2.75 bits per heavy atom.